The molecule has 2 aromatic carbocycles. The molecule has 4 aliphatic rings. The molecule has 4 fully saturated rings. The van der Waals surface area contributed by atoms with Gasteiger partial charge >= 0.3 is 6.01 Å². The summed E-state index contributed by atoms with van der Waals surface area (Å²) in [4.78, 5) is 18.6. The number of phenols is 1. The van der Waals surface area contributed by atoms with Gasteiger partial charge in [-0.1, -0.05) is 24.3 Å². The van der Waals surface area contributed by atoms with Crippen molar-refractivity contribution in [1.82, 2.24) is 25.2 Å². The summed E-state index contributed by atoms with van der Waals surface area (Å²) < 4.78 is 22.5. The lowest BCUT2D eigenvalue weighted by Gasteiger charge is -2.46. The van der Waals surface area contributed by atoms with E-state index in [1.165, 1.54) is 0 Å². The number of piperidine rings is 2. The predicted octanol–water partition coefficient (Wildman–Crippen LogP) is 4.10. The molecule has 4 aliphatic heterocycles. The Bertz CT molecular complexity index is 1520. The maximum atomic E-state index is 16.4. The van der Waals surface area contributed by atoms with Gasteiger partial charge in [-0.2, -0.15) is 9.97 Å². The number of rotatable bonds is 5. The third-order valence-electron chi connectivity index (χ3n) is 8.44. The van der Waals surface area contributed by atoms with E-state index in [0.29, 0.717) is 35.5 Å². The first kappa shape index (κ1) is 23.5. The van der Waals surface area contributed by atoms with Gasteiger partial charge in [0.25, 0.3) is 0 Å². The average molecular weight is 515 g/mol. The van der Waals surface area contributed by atoms with E-state index in [0.717, 1.165) is 56.1 Å². The summed E-state index contributed by atoms with van der Waals surface area (Å²) in [6, 6.07) is 12.0. The fraction of sp³-hybridized carbons (Fsp3) is 0.414. The highest BCUT2D eigenvalue weighted by Gasteiger charge is 2.36. The highest BCUT2D eigenvalue weighted by Crippen LogP contribution is 2.38. The second kappa shape index (κ2) is 9.32. The van der Waals surface area contributed by atoms with Crippen molar-refractivity contribution in [1.29, 1.82) is 0 Å². The molecule has 38 heavy (non-hydrogen) atoms. The number of aromatic hydroxyl groups is 1. The molecule has 4 aromatic rings. The fourth-order valence-electron chi connectivity index (χ4n) is 6.31. The normalized spacial score (nSPS) is 23.5. The monoisotopic (exact) mass is 514 g/mol. The number of piperazine rings is 1. The molecule has 0 amide bonds. The van der Waals surface area contributed by atoms with Crippen molar-refractivity contribution in [2.24, 2.45) is 0 Å². The molecule has 0 aliphatic carbocycles. The third-order valence-corrected chi connectivity index (χ3v) is 8.44. The summed E-state index contributed by atoms with van der Waals surface area (Å²) in [5.41, 5.74) is 0.866. The number of hydrogen-bond donors (Lipinski definition) is 2. The van der Waals surface area contributed by atoms with Crippen LogP contribution in [0.15, 0.2) is 42.6 Å². The Morgan fingerprint density at radius 2 is 2.03 bits per heavy atom. The van der Waals surface area contributed by atoms with Gasteiger partial charge in [0, 0.05) is 43.0 Å². The van der Waals surface area contributed by atoms with Crippen molar-refractivity contribution in [3.05, 3.63) is 48.4 Å². The van der Waals surface area contributed by atoms with Gasteiger partial charge < -0.3 is 25.0 Å². The van der Waals surface area contributed by atoms with Crippen LogP contribution in [0.2, 0.25) is 0 Å². The molecule has 0 radical (unpaired) electrons. The summed E-state index contributed by atoms with van der Waals surface area (Å²) in [5.74, 6) is 0.203. The van der Waals surface area contributed by atoms with Crippen LogP contribution in [0.5, 0.6) is 11.8 Å². The zero-order chi connectivity index (χ0) is 25.8. The van der Waals surface area contributed by atoms with Gasteiger partial charge in [0.05, 0.1) is 5.39 Å². The van der Waals surface area contributed by atoms with E-state index < -0.39 is 5.82 Å². The zero-order valence-corrected chi connectivity index (χ0v) is 21.4. The molecule has 8 nitrogen and oxygen atoms in total. The third kappa shape index (κ3) is 4.01. The first-order valence-electron chi connectivity index (χ1n) is 13.5. The minimum absolute atomic E-state index is 0.0601. The number of nitrogens with zero attached hydrogens (tertiary/aromatic N) is 5. The van der Waals surface area contributed by atoms with Gasteiger partial charge in [0.1, 0.15) is 29.4 Å². The van der Waals surface area contributed by atoms with Gasteiger partial charge in [-0.05, 0) is 62.2 Å². The topological polar surface area (TPSA) is 86.6 Å². The Kier molecular flexibility index (Phi) is 5.78. The van der Waals surface area contributed by atoms with Crippen LogP contribution >= 0.6 is 0 Å². The van der Waals surface area contributed by atoms with E-state index in [9.17, 15) is 5.11 Å². The summed E-state index contributed by atoms with van der Waals surface area (Å²) >= 11 is 0. The molecule has 2 aromatic heterocycles. The number of benzene rings is 2. The quantitative estimate of drug-likeness (QED) is 0.412. The van der Waals surface area contributed by atoms with E-state index in [2.05, 4.69) is 32.1 Å². The Balaban J connectivity index is 1.37. The highest BCUT2D eigenvalue weighted by molar-refractivity contribution is 5.99. The van der Waals surface area contributed by atoms with Crippen molar-refractivity contribution >= 4 is 27.5 Å². The Hall–Kier alpha value is -3.56. The molecule has 3 atom stereocenters. The molecule has 8 rings (SSSR count). The summed E-state index contributed by atoms with van der Waals surface area (Å²) in [5, 5.41) is 16.2. The summed E-state index contributed by atoms with van der Waals surface area (Å²) in [7, 11) is 2.10. The minimum Gasteiger partial charge on any atom is -0.508 e. The number of halogens is 1. The van der Waals surface area contributed by atoms with E-state index in [4.69, 9.17) is 9.72 Å². The van der Waals surface area contributed by atoms with Crippen LogP contribution in [0.3, 0.4) is 0 Å². The van der Waals surface area contributed by atoms with E-state index in [1.807, 2.05) is 24.3 Å². The lowest BCUT2D eigenvalue weighted by molar-refractivity contribution is 0.188. The molecule has 4 saturated heterocycles. The number of phenolic OH excluding ortho intramolecular Hbond substituents is 1. The minimum atomic E-state index is -0.537. The van der Waals surface area contributed by atoms with Crippen molar-refractivity contribution in [3.63, 3.8) is 0 Å². The van der Waals surface area contributed by atoms with Crippen molar-refractivity contribution in [3.8, 4) is 23.0 Å². The first-order valence-corrected chi connectivity index (χ1v) is 13.5. The first-order chi connectivity index (χ1) is 18.5. The van der Waals surface area contributed by atoms with E-state index >= 15 is 4.39 Å². The van der Waals surface area contributed by atoms with Crippen LogP contribution in [0.25, 0.3) is 32.9 Å². The Morgan fingerprint density at radius 3 is 2.79 bits per heavy atom. The number of likely N-dealkylation sites (tertiary alicyclic amines) is 1. The van der Waals surface area contributed by atoms with Gasteiger partial charge in [-0.25, -0.2) is 4.39 Å². The number of ether oxygens (including phenoxy) is 1. The molecule has 2 unspecified atom stereocenters. The smallest absolute Gasteiger partial charge is 0.319 e. The molecule has 2 bridgehead atoms. The largest absolute Gasteiger partial charge is 0.508 e. The van der Waals surface area contributed by atoms with E-state index in [1.54, 1.807) is 18.3 Å². The lowest BCUT2D eigenvalue weighted by atomic mass is 9.93. The van der Waals surface area contributed by atoms with Crippen LogP contribution in [0.4, 0.5) is 10.2 Å². The molecule has 6 heterocycles. The maximum absolute atomic E-state index is 16.4. The highest BCUT2D eigenvalue weighted by atomic mass is 19.1. The number of fused-ring (bicyclic) bond motifs is 5. The Labute approximate surface area is 220 Å². The molecule has 2 N–H and O–H groups in total. The van der Waals surface area contributed by atoms with Crippen LogP contribution in [-0.4, -0.2) is 76.4 Å². The molecule has 9 heteroatoms. The van der Waals surface area contributed by atoms with Crippen LogP contribution in [0, 0.1) is 5.82 Å². The summed E-state index contributed by atoms with van der Waals surface area (Å²) in [6.45, 7) is 3.19. The zero-order valence-electron chi connectivity index (χ0n) is 21.4. The number of likely N-dealkylation sites (N-methyl/N-ethyl adjacent to an activating group) is 1. The number of hydrogen-bond acceptors (Lipinski definition) is 8. The number of anilines is 1. The van der Waals surface area contributed by atoms with Gasteiger partial charge in [-0.15, -0.1) is 0 Å². The Morgan fingerprint density at radius 1 is 1.13 bits per heavy atom. The number of aromatic nitrogens is 3. The van der Waals surface area contributed by atoms with E-state index in [-0.39, 0.29) is 29.0 Å². The number of pyridine rings is 1. The second-order valence-corrected chi connectivity index (χ2v) is 10.8. The van der Waals surface area contributed by atoms with Crippen molar-refractivity contribution in [2.75, 3.05) is 38.2 Å². The van der Waals surface area contributed by atoms with Gasteiger partial charge in [0.15, 0.2) is 5.82 Å². The van der Waals surface area contributed by atoms with Crippen molar-refractivity contribution < 1.29 is 14.2 Å². The standard InChI is InChI=1S/C29H31FN6O2/c1-35-10-4-6-20(35)16-38-29-33-27-24(28(34-29)36-15-18-8-9-19(36)13-31-18)14-32-26(25(27)30)23-12-21(37)11-17-5-2-3-7-22(17)23/h2-3,5,7,11-12,14,18-20,31,37H,4,6,8-10,13,15-16H2,1H3/t18?,19?,20-/m0/s1. The van der Waals surface area contributed by atoms with Crippen LogP contribution in [0.1, 0.15) is 25.7 Å². The molecular formula is C29H31FN6O2. The second-order valence-electron chi connectivity index (χ2n) is 10.8. The lowest BCUT2D eigenvalue weighted by Crippen LogP contribution is -2.61. The number of nitrogens with one attached hydrogen (secondary N) is 1. The average Bonchev–Trinajstić information content (AvgIpc) is 3.36. The molecule has 0 saturated carbocycles. The molecule has 0 spiro atoms. The molecular weight excluding hydrogens is 483 g/mol. The fourth-order valence-corrected chi connectivity index (χ4v) is 6.31. The predicted molar refractivity (Wildman–Crippen MR) is 145 cm³/mol. The molecule has 196 valence electrons. The van der Waals surface area contributed by atoms with Crippen LogP contribution < -0.4 is 15.0 Å². The maximum Gasteiger partial charge on any atom is 0.319 e. The summed E-state index contributed by atoms with van der Waals surface area (Å²) in [6.07, 6.45) is 6.07. The van der Waals surface area contributed by atoms with Crippen LogP contribution in [-0.2, 0) is 0 Å². The van der Waals surface area contributed by atoms with Crippen molar-refractivity contribution in [2.45, 2.75) is 43.8 Å². The van der Waals surface area contributed by atoms with Gasteiger partial charge in [0.2, 0.25) is 0 Å². The SMILES string of the molecule is CN1CCC[C@H]1COc1nc(N2CC3CCC2CN3)c2cnc(-c3cc(O)cc4ccccc34)c(F)c2n1. The van der Waals surface area contributed by atoms with Gasteiger partial charge in [-0.3, -0.25) is 4.98 Å².